The van der Waals surface area contributed by atoms with Gasteiger partial charge in [-0.05, 0) is 19.4 Å². The average Bonchev–Trinajstić information content (AvgIpc) is 2.25. The third kappa shape index (κ3) is 10.4. The highest BCUT2D eigenvalue weighted by molar-refractivity contribution is 7.89. The lowest BCUT2D eigenvalue weighted by Crippen LogP contribution is -2.28. The average molecular weight is 250 g/mol. The second-order valence-electron chi connectivity index (χ2n) is 4.12. The van der Waals surface area contributed by atoms with Crippen molar-refractivity contribution in [3.8, 4) is 0 Å². The van der Waals surface area contributed by atoms with E-state index in [0.717, 1.165) is 12.8 Å². The van der Waals surface area contributed by atoms with Crippen molar-refractivity contribution in [3.05, 3.63) is 0 Å². The van der Waals surface area contributed by atoms with Crippen LogP contribution >= 0.6 is 0 Å². The molecular weight excluding hydrogens is 224 g/mol. The Hall–Kier alpha value is -0.130. The standard InChI is InChI=1S/C11H26N2O2S/c1-2-3-4-5-6-7-10-13-16(14,15)11-8-9-12/h13H,2-12H2,1H3. The fraction of sp³-hybridized carbons (Fsp3) is 1.00. The molecule has 0 aliphatic carbocycles. The number of nitrogens with one attached hydrogen (secondary N) is 1. The Bertz CT molecular complexity index is 240. The van der Waals surface area contributed by atoms with Crippen LogP contribution in [0.5, 0.6) is 0 Å². The van der Waals surface area contributed by atoms with Gasteiger partial charge in [0, 0.05) is 6.54 Å². The predicted molar refractivity (Wildman–Crippen MR) is 68.8 cm³/mol. The second kappa shape index (κ2) is 10.1. The lowest BCUT2D eigenvalue weighted by atomic mass is 10.1. The van der Waals surface area contributed by atoms with Gasteiger partial charge in [0.25, 0.3) is 0 Å². The van der Waals surface area contributed by atoms with Crippen LogP contribution in [0.1, 0.15) is 51.9 Å². The molecule has 0 bridgehead atoms. The Balaban J connectivity index is 3.36. The Morgan fingerprint density at radius 2 is 1.62 bits per heavy atom. The van der Waals surface area contributed by atoms with E-state index in [2.05, 4.69) is 11.6 Å². The van der Waals surface area contributed by atoms with Crippen LogP contribution < -0.4 is 10.5 Å². The maximum Gasteiger partial charge on any atom is 0.211 e. The Morgan fingerprint density at radius 3 is 2.25 bits per heavy atom. The summed E-state index contributed by atoms with van der Waals surface area (Å²) in [5.41, 5.74) is 5.27. The second-order valence-corrected chi connectivity index (χ2v) is 6.05. The first-order valence-electron chi connectivity index (χ1n) is 6.30. The molecule has 0 rings (SSSR count). The smallest absolute Gasteiger partial charge is 0.211 e. The van der Waals surface area contributed by atoms with Crippen molar-refractivity contribution >= 4 is 10.0 Å². The third-order valence-electron chi connectivity index (χ3n) is 2.47. The van der Waals surface area contributed by atoms with Gasteiger partial charge in [-0.3, -0.25) is 0 Å². The molecule has 0 unspecified atom stereocenters. The van der Waals surface area contributed by atoms with Crippen molar-refractivity contribution in [3.63, 3.8) is 0 Å². The summed E-state index contributed by atoms with van der Waals surface area (Å²) in [5, 5.41) is 0. The Morgan fingerprint density at radius 1 is 1.00 bits per heavy atom. The lowest BCUT2D eigenvalue weighted by Gasteiger charge is -2.05. The van der Waals surface area contributed by atoms with Crippen LogP contribution in [0, 0.1) is 0 Å². The molecule has 98 valence electrons. The minimum absolute atomic E-state index is 0.152. The fourth-order valence-electron chi connectivity index (χ4n) is 1.48. The van der Waals surface area contributed by atoms with Gasteiger partial charge in [0.15, 0.2) is 0 Å². The molecule has 0 aliphatic rings. The van der Waals surface area contributed by atoms with Crippen molar-refractivity contribution in [2.75, 3.05) is 18.8 Å². The molecule has 0 radical (unpaired) electrons. The van der Waals surface area contributed by atoms with Crippen molar-refractivity contribution in [2.24, 2.45) is 5.73 Å². The molecule has 0 saturated heterocycles. The van der Waals surface area contributed by atoms with Gasteiger partial charge in [0.05, 0.1) is 5.75 Å². The van der Waals surface area contributed by atoms with E-state index in [1.807, 2.05) is 0 Å². The highest BCUT2D eigenvalue weighted by Gasteiger charge is 2.07. The van der Waals surface area contributed by atoms with E-state index in [9.17, 15) is 8.42 Å². The zero-order valence-corrected chi connectivity index (χ0v) is 11.2. The minimum atomic E-state index is -3.07. The first-order valence-corrected chi connectivity index (χ1v) is 7.95. The summed E-state index contributed by atoms with van der Waals surface area (Å²) >= 11 is 0. The minimum Gasteiger partial charge on any atom is -0.330 e. The van der Waals surface area contributed by atoms with E-state index in [0.29, 0.717) is 19.5 Å². The van der Waals surface area contributed by atoms with Gasteiger partial charge >= 0.3 is 0 Å². The van der Waals surface area contributed by atoms with Crippen LogP contribution in [0.25, 0.3) is 0 Å². The van der Waals surface area contributed by atoms with Crippen LogP contribution in [-0.4, -0.2) is 27.3 Å². The number of sulfonamides is 1. The van der Waals surface area contributed by atoms with Crippen LogP contribution in [0.2, 0.25) is 0 Å². The summed E-state index contributed by atoms with van der Waals surface area (Å²) < 4.78 is 25.3. The topological polar surface area (TPSA) is 72.2 Å². The molecule has 0 aromatic carbocycles. The van der Waals surface area contributed by atoms with Gasteiger partial charge in [-0.1, -0.05) is 39.0 Å². The molecule has 0 saturated carbocycles. The third-order valence-corrected chi connectivity index (χ3v) is 3.94. The summed E-state index contributed by atoms with van der Waals surface area (Å²) in [6, 6.07) is 0. The first-order chi connectivity index (χ1) is 7.62. The summed E-state index contributed by atoms with van der Waals surface area (Å²) in [6.45, 7) is 3.18. The maximum atomic E-state index is 11.4. The van der Waals surface area contributed by atoms with E-state index in [-0.39, 0.29) is 5.75 Å². The SMILES string of the molecule is CCCCCCCCNS(=O)(=O)CCCN. The van der Waals surface area contributed by atoms with Crippen molar-refractivity contribution in [1.29, 1.82) is 0 Å². The van der Waals surface area contributed by atoms with E-state index in [1.165, 1.54) is 25.7 Å². The summed E-state index contributed by atoms with van der Waals surface area (Å²) in [5.74, 6) is 0.152. The molecule has 4 nitrogen and oxygen atoms in total. The van der Waals surface area contributed by atoms with Crippen molar-refractivity contribution in [1.82, 2.24) is 4.72 Å². The summed E-state index contributed by atoms with van der Waals surface area (Å²) in [6.07, 6.45) is 7.57. The number of rotatable bonds is 11. The Kier molecular flexibility index (Phi) is 9.97. The molecule has 0 spiro atoms. The Labute approximate surface area is 100 Å². The molecule has 5 heteroatoms. The normalized spacial score (nSPS) is 11.9. The zero-order valence-electron chi connectivity index (χ0n) is 10.4. The van der Waals surface area contributed by atoms with E-state index in [1.54, 1.807) is 0 Å². The van der Waals surface area contributed by atoms with Gasteiger partial charge in [0.2, 0.25) is 10.0 Å². The molecular formula is C11H26N2O2S. The van der Waals surface area contributed by atoms with Crippen LogP contribution in [-0.2, 0) is 10.0 Å². The molecule has 0 aromatic heterocycles. The number of hydrogen-bond donors (Lipinski definition) is 2. The van der Waals surface area contributed by atoms with E-state index >= 15 is 0 Å². The van der Waals surface area contributed by atoms with Crippen molar-refractivity contribution < 1.29 is 8.42 Å². The molecule has 0 amide bonds. The van der Waals surface area contributed by atoms with E-state index < -0.39 is 10.0 Å². The molecule has 0 aromatic rings. The van der Waals surface area contributed by atoms with Gasteiger partial charge in [0.1, 0.15) is 0 Å². The fourth-order valence-corrected chi connectivity index (χ4v) is 2.62. The van der Waals surface area contributed by atoms with Crippen LogP contribution in [0.3, 0.4) is 0 Å². The van der Waals surface area contributed by atoms with Gasteiger partial charge in [-0.25, -0.2) is 13.1 Å². The predicted octanol–water partition coefficient (Wildman–Crippen LogP) is 1.62. The zero-order chi connectivity index (χ0) is 12.3. The number of hydrogen-bond acceptors (Lipinski definition) is 3. The molecule has 0 aliphatic heterocycles. The van der Waals surface area contributed by atoms with Crippen molar-refractivity contribution in [2.45, 2.75) is 51.9 Å². The number of unbranched alkanes of at least 4 members (excludes halogenated alkanes) is 5. The molecule has 3 N–H and O–H groups in total. The maximum absolute atomic E-state index is 11.4. The summed E-state index contributed by atoms with van der Waals surface area (Å²) in [7, 11) is -3.07. The largest absolute Gasteiger partial charge is 0.330 e. The van der Waals surface area contributed by atoms with Gasteiger partial charge < -0.3 is 5.73 Å². The molecule has 0 atom stereocenters. The lowest BCUT2D eigenvalue weighted by molar-refractivity contribution is 0.566. The summed E-state index contributed by atoms with van der Waals surface area (Å²) in [4.78, 5) is 0. The molecule has 0 fully saturated rings. The highest BCUT2D eigenvalue weighted by Crippen LogP contribution is 2.04. The number of nitrogens with two attached hydrogens (primary N) is 1. The monoisotopic (exact) mass is 250 g/mol. The first kappa shape index (κ1) is 15.9. The highest BCUT2D eigenvalue weighted by atomic mass is 32.2. The van der Waals surface area contributed by atoms with Gasteiger partial charge in [-0.2, -0.15) is 0 Å². The van der Waals surface area contributed by atoms with Crippen LogP contribution in [0.4, 0.5) is 0 Å². The van der Waals surface area contributed by atoms with Crippen LogP contribution in [0.15, 0.2) is 0 Å². The van der Waals surface area contributed by atoms with Gasteiger partial charge in [-0.15, -0.1) is 0 Å². The molecule has 16 heavy (non-hydrogen) atoms. The quantitative estimate of drug-likeness (QED) is 0.547. The molecule has 0 heterocycles. The van der Waals surface area contributed by atoms with E-state index in [4.69, 9.17) is 5.73 Å².